The maximum atomic E-state index is 13.8. The van der Waals surface area contributed by atoms with Crippen LogP contribution in [0, 0.1) is 10.8 Å². The second kappa shape index (κ2) is 9.41. The molecule has 1 amide bonds. The minimum absolute atomic E-state index is 0.101. The second-order valence-corrected chi connectivity index (χ2v) is 11.9. The van der Waals surface area contributed by atoms with E-state index in [-0.39, 0.29) is 29.0 Å². The Balaban J connectivity index is 1.93. The summed E-state index contributed by atoms with van der Waals surface area (Å²) in [6, 6.07) is 5.42. The number of rotatable bonds is 7. The summed E-state index contributed by atoms with van der Waals surface area (Å²) in [6.07, 6.45) is 3.38. The maximum absolute atomic E-state index is 13.8. The first kappa shape index (κ1) is 26.0. The van der Waals surface area contributed by atoms with Crippen LogP contribution in [0.25, 0.3) is 0 Å². The molecule has 2 aliphatic carbocycles. The Labute approximate surface area is 213 Å². The molecule has 1 aliphatic heterocycles. The zero-order valence-electron chi connectivity index (χ0n) is 22.3. The van der Waals surface area contributed by atoms with Crippen molar-refractivity contribution < 1.29 is 23.9 Å². The fourth-order valence-corrected chi connectivity index (χ4v) is 6.01. The van der Waals surface area contributed by atoms with E-state index in [0.717, 1.165) is 53.9 Å². The standard InChI is InChI=1S/C29H38N2O5/c1-7-10-31-18-12-28(2,3)14-20(32)26(18)25(27-19(31)13-29(4,5)15-21(27)33)17-8-9-22(23(11-17)35-6)36-16-24(30)34/h8-9,11,25H,7,10,12-16H2,1-6H3,(H2,30,34). The number of hydrogen-bond donors (Lipinski definition) is 1. The molecule has 0 fully saturated rings. The molecule has 0 bridgehead atoms. The van der Waals surface area contributed by atoms with Crippen LogP contribution in [0.15, 0.2) is 40.7 Å². The third-order valence-corrected chi connectivity index (χ3v) is 7.36. The highest BCUT2D eigenvalue weighted by Crippen LogP contribution is 2.54. The zero-order valence-corrected chi connectivity index (χ0v) is 22.3. The van der Waals surface area contributed by atoms with Crippen molar-refractivity contribution >= 4 is 17.5 Å². The van der Waals surface area contributed by atoms with Crippen molar-refractivity contribution in [2.24, 2.45) is 16.6 Å². The molecule has 4 rings (SSSR count). The predicted octanol–water partition coefficient (Wildman–Crippen LogP) is 4.65. The topological polar surface area (TPSA) is 98.9 Å². The number of primary amides is 1. The van der Waals surface area contributed by atoms with Crippen LogP contribution in [0.4, 0.5) is 0 Å². The molecule has 0 spiro atoms. The normalized spacial score (nSPS) is 21.3. The first-order valence-electron chi connectivity index (χ1n) is 12.8. The smallest absolute Gasteiger partial charge is 0.255 e. The van der Waals surface area contributed by atoms with Gasteiger partial charge in [0.2, 0.25) is 0 Å². The maximum Gasteiger partial charge on any atom is 0.255 e. The van der Waals surface area contributed by atoms with E-state index in [0.29, 0.717) is 24.3 Å². The monoisotopic (exact) mass is 494 g/mol. The van der Waals surface area contributed by atoms with Gasteiger partial charge in [0.05, 0.1) is 7.11 Å². The van der Waals surface area contributed by atoms with Gasteiger partial charge in [-0.1, -0.05) is 40.7 Å². The van der Waals surface area contributed by atoms with Crippen LogP contribution >= 0.6 is 0 Å². The Bertz CT molecular complexity index is 1120. The number of ketones is 2. The number of nitrogens with zero attached hydrogens (tertiary/aromatic N) is 1. The van der Waals surface area contributed by atoms with Gasteiger partial charge in [0, 0.05) is 47.8 Å². The summed E-state index contributed by atoms with van der Waals surface area (Å²) in [7, 11) is 1.53. The van der Waals surface area contributed by atoms with Crippen molar-refractivity contribution in [1.29, 1.82) is 0 Å². The zero-order chi connectivity index (χ0) is 26.4. The fraction of sp³-hybridized carbons (Fsp3) is 0.552. The quantitative estimate of drug-likeness (QED) is 0.592. The molecule has 1 aromatic carbocycles. The fourth-order valence-electron chi connectivity index (χ4n) is 6.01. The van der Waals surface area contributed by atoms with E-state index < -0.39 is 11.8 Å². The van der Waals surface area contributed by atoms with E-state index in [2.05, 4.69) is 39.5 Å². The van der Waals surface area contributed by atoms with E-state index in [4.69, 9.17) is 15.2 Å². The van der Waals surface area contributed by atoms with Crippen molar-refractivity contribution in [1.82, 2.24) is 4.90 Å². The molecule has 7 heteroatoms. The van der Waals surface area contributed by atoms with Crippen LogP contribution < -0.4 is 15.2 Å². The average Bonchev–Trinajstić information content (AvgIpc) is 2.77. The lowest BCUT2D eigenvalue weighted by Gasteiger charge is -2.49. The predicted molar refractivity (Wildman–Crippen MR) is 138 cm³/mol. The minimum Gasteiger partial charge on any atom is -0.493 e. The molecule has 0 unspecified atom stereocenters. The van der Waals surface area contributed by atoms with E-state index in [9.17, 15) is 14.4 Å². The van der Waals surface area contributed by atoms with Gasteiger partial charge in [0.25, 0.3) is 5.91 Å². The molecule has 0 atom stereocenters. The number of allylic oxidation sites excluding steroid dienone is 4. The van der Waals surface area contributed by atoms with Gasteiger partial charge in [-0.25, -0.2) is 0 Å². The molecule has 0 aromatic heterocycles. The van der Waals surface area contributed by atoms with Crippen LogP contribution in [0.1, 0.15) is 78.2 Å². The Morgan fingerprint density at radius 2 is 1.53 bits per heavy atom. The lowest BCUT2D eigenvalue weighted by molar-refractivity contribution is -0.121. The first-order valence-corrected chi connectivity index (χ1v) is 12.8. The molecule has 1 aromatic rings. The van der Waals surface area contributed by atoms with Gasteiger partial charge >= 0.3 is 0 Å². The van der Waals surface area contributed by atoms with E-state index in [1.807, 2.05) is 12.1 Å². The van der Waals surface area contributed by atoms with Crippen LogP contribution in [0.2, 0.25) is 0 Å². The summed E-state index contributed by atoms with van der Waals surface area (Å²) >= 11 is 0. The lowest BCUT2D eigenvalue weighted by Crippen LogP contribution is -2.44. The highest BCUT2D eigenvalue weighted by molar-refractivity contribution is 6.06. The molecule has 3 aliphatic rings. The van der Waals surface area contributed by atoms with Crippen molar-refractivity contribution in [3.8, 4) is 11.5 Å². The number of carbonyl (C=O) groups is 3. The van der Waals surface area contributed by atoms with E-state index in [1.54, 1.807) is 6.07 Å². The number of methoxy groups -OCH3 is 1. The molecule has 0 saturated heterocycles. The summed E-state index contributed by atoms with van der Waals surface area (Å²) in [4.78, 5) is 41.0. The summed E-state index contributed by atoms with van der Waals surface area (Å²) in [6.45, 7) is 11.2. The molecule has 194 valence electrons. The SMILES string of the molecule is CCCN1C2=C(C(=O)CC(C)(C)C2)C(c2ccc(OCC(N)=O)c(OC)c2)C2=C1CC(C)(C)CC2=O. The van der Waals surface area contributed by atoms with Crippen LogP contribution in [0.5, 0.6) is 11.5 Å². The van der Waals surface area contributed by atoms with Gasteiger partial charge in [0.1, 0.15) is 0 Å². The molecule has 0 saturated carbocycles. The molecule has 2 N–H and O–H groups in total. The molecule has 0 radical (unpaired) electrons. The highest BCUT2D eigenvalue weighted by Gasteiger charge is 2.48. The Morgan fingerprint density at radius 1 is 0.972 bits per heavy atom. The van der Waals surface area contributed by atoms with E-state index >= 15 is 0 Å². The number of nitrogens with two attached hydrogens (primary N) is 1. The Morgan fingerprint density at radius 3 is 2.00 bits per heavy atom. The summed E-state index contributed by atoms with van der Waals surface area (Å²) in [5.41, 5.74) is 9.34. The first-order chi connectivity index (χ1) is 16.9. The Hall–Kier alpha value is -3.09. The molecular formula is C29H38N2O5. The molecular weight excluding hydrogens is 456 g/mol. The summed E-state index contributed by atoms with van der Waals surface area (Å²) in [5.74, 6) is -0.0105. The van der Waals surface area contributed by atoms with Gasteiger partial charge < -0.3 is 20.1 Å². The molecule has 36 heavy (non-hydrogen) atoms. The number of Topliss-reactive ketones (excluding diaryl/α,β-unsaturated/α-hetero) is 2. The number of amides is 1. The Kier molecular flexibility index (Phi) is 6.80. The third-order valence-electron chi connectivity index (χ3n) is 7.36. The molecule has 7 nitrogen and oxygen atoms in total. The number of carbonyl (C=O) groups excluding carboxylic acids is 3. The van der Waals surface area contributed by atoms with Gasteiger partial charge in [0.15, 0.2) is 29.7 Å². The van der Waals surface area contributed by atoms with Crippen LogP contribution in [-0.4, -0.2) is 42.6 Å². The van der Waals surface area contributed by atoms with Crippen molar-refractivity contribution in [2.45, 2.75) is 72.6 Å². The van der Waals surface area contributed by atoms with Crippen LogP contribution in [-0.2, 0) is 14.4 Å². The highest BCUT2D eigenvalue weighted by atomic mass is 16.5. The van der Waals surface area contributed by atoms with E-state index in [1.165, 1.54) is 7.11 Å². The van der Waals surface area contributed by atoms with Gasteiger partial charge in [-0.3, -0.25) is 14.4 Å². The average molecular weight is 495 g/mol. The minimum atomic E-state index is -0.583. The number of benzene rings is 1. The van der Waals surface area contributed by atoms with Gasteiger partial charge in [-0.15, -0.1) is 0 Å². The van der Waals surface area contributed by atoms with Crippen LogP contribution in [0.3, 0.4) is 0 Å². The summed E-state index contributed by atoms with van der Waals surface area (Å²) < 4.78 is 11.1. The molecule has 1 heterocycles. The van der Waals surface area contributed by atoms with Gasteiger partial charge in [-0.05, 0) is 47.8 Å². The third kappa shape index (κ3) is 4.80. The lowest BCUT2D eigenvalue weighted by atomic mass is 9.63. The summed E-state index contributed by atoms with van der Waals surface area (Å²) in [5, 5.41) is 0. The second-order valence-electron chi connectivity index (χ2n) is 11.9. The van der Waals surface area contributed by atoms with Crippen molar-refractivity contribution in [3.63, 3.8) is 0 Å². The van der Waals surface area contributed by atoms with Gasteiger partial charge in [-0.2, -0.15) is 0 Å². The number of hydrogen-bond acceptors (Lipinski definition) is 6. The number of ether oxygens (including phenoxy) is 2. The largest absolute Gasteiger partial charge is 0.493 e. The van der Waals surface area contributed by atoms with Crippen molar-refractivity contribution in [2.75, 3.05) is 20.3 Å². The van der Waals surface area contributed by atoms with Crippen molar-refractivity contribution in [3.05, 3.63) is 46.3 Å².